The van der Waals surface area contributed by atoms with Gasteiger partial charge >= 0.3 is 0 Å². The molecule has 0 heterocycles. The largest absolute Gasteiger partial charge is 0.309 e. The molecule has 0 unspecified atom stereocenters. The van der Waals surface area contributed by atoms with E-state index in [4.69, 9.17) is 0 Å². The maximum atomic E-state index is 2.56. The Morgan fingerprint density at radius 2 is 0.812 bits per heavy atom. The number of hydrogen-bond acceptors (Lipinski definition) is 1. The SMILES string of the molecule is CC1(C)c2ccccc2-c2cccc(-c3cccc(N(c4ccc5c(c4)C(c4ccccc4)(c4ccccc4)c4ccccc4-5)c4cccc5ccccc45)c3-c3cccc(-c4ccccc4)c3)c21. The lowest BCUT2D eigenvalue weighted by Gasteiger charge is -2.35. The summed E-state index contributed by atoms with van der Waals surface area (Å²) in [5, 5.41) is 2.38. The number of rotatable bonds is 8. The number of nitrogens with zero attached hydrogens (tertiary/aromatic N) is 1. The average molecular weight is 880 g/mol. The molecular formula is C68H49N. The molecule has 11 aromatic rings. The van der Waals surface area contributed by atoms with Crippen LogP contribution in [0.25, 0.3) is 66.4 Å². The normalized spacial score (nSPS) is 13.6. The fourth-order valence-electron chi connectivity index (χ4n) is 12.2. The summed E-state index contributed by atoms with van der Waals surface area (Å²) < 4.78 is 0. The molecule has 2 aliphatic rings. The quantitative estimate of drug-likeness (QED) is 0.147. The molecule has 0 amide bonds. The van der Waals surface area contributed by atoms with Crippen LogP contribution in [0.5, 0.6) is 0 Å². The van der Waals surface area contributed by atoms with Gasteiger partial charge in [0.15, 0.2) is 0 Å². The highest BCUT2D eigenvalue weighted by atomic mass is 15.1. The maximum Gasteiger partial charge on any atom is 0.0714 e. The van der Waals surface area contributed by atoms with Crippen molar-refractivity contribution in [2.24, 2.45) is 0 Å². The van der Waals surface area contributed by atoms with Gasteiger partial charge in [0.1, 0.15) is 0 Å². The summed E-state index contributed by atoms with van der Waals surface area (Å²) in [5.74, 6) is 0. The first-order valence-corrected chi connectivity index (χ1v) is 24.2. The average Bonchev–Trinajstić information content (AvgIpc) is 3.85. The summed E-state index contributed by atoms with van der Waals surface area (Å²) in [5.41, 5.74) is 22.7. The summed E-state index contributed by atoms with van der Waals surface area (Å²) in [4.78, 5) is 2.56. The number of anilines is 3. The van der Waals surface area contributed by atoms with Crippen molar-refractivity contribution in [3.05, 3.63) is 294 Å². The molecule has 0 aliphatic heterocycles. The van der Waals surface area contributed by atoms with Gasteiger partial charge in [0, 0.05) is 22.1 Å². The zero-order chi connectivity index (χ0) is 46.1. The molecule has 0 aromatic heterocycles. The van der Waals surface area contributed by atoms with Gasteiger partial charge in [-0.25, -0.2) is 0 Å². The van der Waals surface area contributed by atoms with E-state index in [2.05, 4.69) is 280 Å². The second-order valence-electron chi connectivity index (χ2n) is 19.1. The Morgan fingerprint density at radius 3 is 1.57 bits per heavy atom. The van der Waals surface area contributed by atoms with Crippen molar-refractivity contribution in [2.75, 3.05) is 4.90 Å². The third-order valence-corrected chi connectivity index (χ3v) is 15.1. The first-order valence-electron chi connectivity index (χ1n) is 24.2. The monoisotopic (exact) mass is 879 g/mol. The van der Waals surface area contributed by atoms with E-state index in [1.54, 1.807) is 0 Å². The molecule has 0 radical (unpaired) electrons. The summed E-state index contributed by atoms with van der Waals surface area (Å²) >= 11 is 0. The van der Waals surface area contributed by atoms with Gasteiger partial charge in [-0.2, -0.15) is 0 Å². The third-order valence-electron chi connectivity index (χ3n) is 15.1. The van der Waals surface area contributed by atoms with E-state index in [-0.39, 0.29) is 5.41 Å². The van der Waals surface area contributed by atoms with Crippen molar-refractivity contribution < 1.29 is 0 Å². The van der Waals surface area contributed by atoms with E-state index in [0.717, 1.165) is 22.6 Å². The van der Waals surface area contributed by atoms with Gasteiger partial charge < -0.3 is 4.90 Å². The summed E-state index contributed by atoms with van der Waals surface area (Å²) in [6.45, 7) is 4.80. The van der Waals surface area contributed by atoms with Gasteiger partial charge in [-0.1, -0.05) is 244 Å². The highest BCUT2D eigenvalue weighted by Crippen LogP contribution is 2.59. The molecule has 0 saturated heterocycles. The molecule has 2 aliphatic carbocycles. The molecule has 0 N–H and O–H groups in total. The predicted molar refractivity (Wildman–Crippen MR) is 290 cm³/mol. The van der Waals surface area contributed by atoms with Crippen molar-refractivity contribution in [3.8, 4) is 55.6 Å². The van der Waals surface area contributed by atoms with Crippen LogP contribution in [0.15, 0.2) is 261 Å². The Bertz CT molecular complexity index is 3710. The second kappa shape index (κ2) is 16.1. The van der Waals surface area contributed by atoms with E-state index in [9.17, 15) is 0 Å². The van der Waals surface area contributed by atoms with Gasteiger partial charge in [0.05, 0.1) is 16.8 Å². The van der Waals surface area contributed by atoms with Gasteiger partial charge in [0.2, 0.25) is 0 Å². The van der Waals surface area contributed by atoms with E-state index in [1.165, 1.54) is 94.2 Å². The van der Waals surface area contributed by atoms with Gasteiger partial charge in [-0.15, -0.1) is 0 Å². The van der Waals surface area contributed by atoms with Gasteiger partial charge in [0.25, 0.3) is 0 Å². The zero-order valence-electron chi connectivity index (χ0n) is 38.8. The molecule has 1 nitrogen and oxygen atoms in total. The van der Waals surface area contributed by atoms with Crippen LogP contribution in [-0.2, 0) is 10.8 Å². The third kappa shape index (κ3) is 6.24. The number of benzene rings is 11. The smallest absolute Gasteiger partial charge is 0.0714 e. The van der Waals surface area contributed by atoms with Gasteiger partial charge in [-0.3, -0.25) is 0 Å². The molecule has 0 atom stereocenters. The van der Waals surface area contributed by atoms with Crippen LogP contribution in [0.4, 0.5) is 17.1 Å². The van der Waals surface area contributed by atoms with Crippen molar-refractivity contribution in [2.45, 2.75) is 24.7 Å². The first-order chi connectivity index (χ1) is 34.0. The van der Waals surface area contributed by atoms with E-state index in [1.807, 2.05) is 0 Å². The summed E-state index contributed by atoms with van der Waals surface area (Å²) in [6.07, 6.45) is 0. The van der Waals surface area contributed by atoms with Crippen LogP contribution in [0, 0.1) is 0 Å². The highest BCUT2D eigenvalue weighted by Gasteiger charge is 2.46. The molecule has 69 heavy (non-hydrogen) atoms. The Labute approximate surface area is 405 Å². The molecule has 13 rings (SSSR count). The van der Waals surface area contributed by atoms with Crippen LogP contribution >= 0.6 is 0 Å². The molecule has 0 saturated carbocycles. The lowest BCUT2D eigenvalue weighted by atomic mass is 9.67. The van der Waals surface area contributed by atoms with E-state index < -0.39 is 5.41 Å². The van der Waals surface area contributed by atoms with Crippen molar-refractivity contribution in [1.29, 1.82) is 0 Å². The summed E-state index contributed by atoms with van der Waals surface area (Å²) in [6, 6.07) is 97.1. The molecule has 0 fully saturated rings. The van der Waals surface area contributed by atoms with Crippen LogP contribution < -0.4 is 4.90 Å². The maximum absolute atomic E-state index is 2.56. The van der Waals surface area contributed by atoms with Crippen LogP contribution in [0.2, 0.25) is 0 Å². The fourth-order valence-corrected chi connectivity index (χ4v) is 12.2. The molecule has 0 spiro atoms. The Balaban J connectivity index is 1.14. The van der Waals surface area contributed by atoms with Crippen molar-refractivity contribution in [3.63, 3.8) is 0 Å². The molecule has 11 aromatic carbocycles. The standard InChI is InChI=1S/C68H49N/c1-67(2)60-38-16-14-34-55(60)58-36-20-37-59(66(58)67)57-35-21-41-64(65(57)49-27-18-26-48(44-49)46-22-6-3-7-23-46)69(63-40-19-25-47-24-12-13-32-53(47)63)52-42-43-56-54-33-15-17-39-61(54)68(62(56)45-52,50-28-8-4-9-29-50)51-30-10-5-11-31-51/h3-45H,1-2H3. The van der Waals surface area contributed by atoms with Crippen LogP contribution in [0.3, 0.4) is 0 Å². The molecule has 326 valence electrons. The van der Waals surface area contributed by atoms with E-state index >= 15 is 0 Å². The second-order valence-corrected chi connectivity index (χ2v) is 19.1. The van der Waals surface area contributed by atoms with Crippen LogP contribution in [-0.4, -0.2) is 0 Å². The minimum absolute atomic E-state index is 0.218. The molecular weight excluding hydrogens is 831 g/mol. The number of hydrogen-bond donors (Lipinski definition) is 0. The minimum Gasteiger partial charge on any atom is -0.309 e. The highest BCUT2D eigenvalue weighted by molar-refractivity contribution is 6.05. The molecule has 1 heteroatoms. The Hall–Kier alpha value is -8.52. The Morgan fingerprint density at radius 1 is 0.319 bits per heavy atom. The lowest BCUT2D eigenvalue weighted by molar-refractivity contribution is 0.662. The topological polar surface area (TPSA) is 3.24 Å². The molecule has 0 bridgehead atoms. The number of fused-ring (bicyclic) bond motifs is 7. The fraction of sp³-hybridized carbons (Fsp3) is 0.0588. The summed E-state index contributed by atoms with van der Waals surface area (Å²) in [7, 11) is 0. The zero-order valence-corrected chi connectivity index (χ0v) is 38.8. The Kier molecular flexibility index (Phi) is 9.49. The van der Waals surface area contributed by atoms with E-state index in [0.29, 0.717) is 0 Å². The van der Waals surface area contributed by atoms with Crippen LogP contribution in [0.1, 0.15) is 47.2 Å². The minimum atomic E-state index is -0.561. The first kappa shape index (κ1) is 40.7. The van der Waals surface area contributed by atoms with Crippen molar-refractivity contribution >= 4 is 27.8 Å². The lowest BCUT2D eigenvalue weighted by Crippen LogP contribution is -2.28. The predicted octanol–water partition coefficient (Wildman–Crippen LogP) is 18.0. The van der Waals surface area contributed by atoms with Crippen molar-refractivity contribution in [1.82, 2.24) is 0 Å². The van der Waals surface area contributed by atoms with Gasteiger partial charge in [-0.05, 0) is 119 Å².